The van der Waals surface area contributed by atoms with Gasteiger partial charge in [-0.3, -0.25) is 0 Å². The summed E-state index contributed by atoms with van der Waals surface area (Å²) < 4.78 is 0. The molecule has 0 aliphatic carbocycles. The van der Waals surface area contributed by atoms with Crippen LogP contribution in [0.25, 0.3) is 0 Å². The van der Waals surface area contributed by atoms with E-state index in [1.54, 1.807) is 0 Å². The molecule has 0 radical (unpaired) electrons. The molecule has 0 aromatic rings. The smallest absolute Gasteiger partial charge is 1.00 e. The number of rotatable bonds is 0. The third-order valence-electron chi connectivity index (χ3n) is 0. The first kappa shape index (κ1) is 43.1. The maximum Gasteiger partial charge on any atom is 3.00 e. The van der Waals surface area contributed by atoms with Gasteiger partial charge in [0.05, 0.1) is 0 Å². The Bertz CT molecular complexity index is 7.51. The number of halogens is 4. The van der Waals surface area contributed by atoms with E-state index in [-0.39, 0.29) is 174 Å². The third kappa shape index (κ3) is 22.9. The van der Waals surface area contributed by atoms with Crippen molar-refractivity contribution in [2.45, 2.75) is 0 Å². The van der Waals surface area contributed by atoms with Gasteiger partial charge in [0.15, 0.2) is 0 Å². The molecule has 0 spiro atoms. The molecule has 0 N–H and O–H groups in total. The van der Waals surface area contributed by atoms with Crippen LogP contribution in [0.3, 0.4) is 0 Å². The molecule has 6 heteroatoms. The van der Waals surface area contributed by atoms with Gasteiger partial charge in [0.1, 0.15) is 0 Å². The molecule has 0 aromatic carbocycles. The van der Waals surface area contributed by atoms with Crippen LogP contribution in [0.4, 0.5) is 0 Å². The molecule has 0 heterocycles. The fourth-order valence-electron chi connectivity index (χ4n) is 0. The molecule has 0 aromatic heterocycles. The van der Waals surface area contributed by atoms with Gasteiger partial charge in [0.25, 0.3) is 0 Å². The maximum atomic E-state index is 0. The van der Waals surface area contributed by atoms with Crippen LogP contribution in [-0.2, 0) is 0 Å². The van der Waals surface area contributed by atoms with Crippen LogP contribution in [0.5, 0.6) is 0 Å². The van der Waals surface area contributed by atoms with E-state index < -0.39 is 0 Å². The average Bonchev–Trinajstić information content (AvgIpc) is 0. The molecule has 0 aliphatic rings. The predicted octanol–water partition coefficient (Wildman–Crippen LogP) is -15.0. The minimum Gasteiger partial charge on any atom is -1.00 e. The van der Waals surface area contributed by atoms with Crippen molar-refractivity contribution in [3.05, 3.63) is 0 Å². The predicted molar refractivity (Wildman–Crippen MR) is 0 cm³/mol. The van der Waals surface area contributed by atoms with Crippen molar-refractivity contribution in [3.8, 4) is 0 Å². The summed E-state index contributed by atoms with van der Waals surface area (Å²) in [6.07, 6.45) is 0. The number of hydrogen-bond donors (Lipinski definition) is 0. The van der Waals surface area contributed by atoms with E-state index in [0.717, 1.165) is 0 Å². The Morgan fingerprint density at radius 1 is 0.500 bits per heavy atom. The van der Waals surface area contributed by atoms with Crippen molar-refractivity contribution >= 4 is 0 Å². The molecule has 0 fully saturated rings. The van der Waals surface area contributed by atoms with Crippen molar-refractivity contribution in [1.29, 1.82) is 0 Å². The van der Waals surface area contributed by atoms with E-state index in [0.29, 0.717) is 0 Å². The molecular formula is Br4CsLu. The molecular weight excluding hydrogens is 627 g/mol. The molecule has 0 atom stereocenters. The maximum absolute atomic E-state index is 0. The normalized spacial score (nSPS) is 0. The largest absolute Gasteiger partial charge is 3.00 e. The summed E-state index contributed by atoms with van der Waals surface area (Å²) >= 11 is 0. The molecule has 0 unspecified atom stereocenters. The van der Waals surface area contributed by atoms with Gasteiger partial charge < -0.3 is 67.9 Å². The van der Waals surface area contributed by atoms with Crippen molar-refractivity contribution in [2.75, 3.05) is 0 Å². The minimum atomic E-state index is 0. The number of hydrogen-bond acceptors (Lipinski definition) is 0. The molecule has 0 saturated heterocycles. The second-order valence-corrected chi connectivity index (χ2v) is 0. The Labute approximate surface area is 168 Å². The molecule has 0 rings (SSSR count). The zero-order valence-electron chi connectivity index (χ0n) is 2.77. The molecule has 44 valence electrons. The van der Waals surface area contributed by atoms with E-state index in [1.807, 2.05) is 0 Å². The van der Waals surface area contributed by atoms with Crippen molar-refractivity contribution in [2.24, 2.45) is 0 Å². The molecule has 0 bridgehead atoms. The van der Waals surface area contributed by atoms with E-state index >= 15 is 0 Å². The minimum absolute atomic E-state index is 0. The monoisotopic (exact) mass is 624 g/mol. The zero-order valence-corrected chi connectivity index (χ0v) is 17.1. The fourth-order valence-corrected chi connectivity index (χ4v) is 0. The Hall–Kier alpha value is 5.21. The van der Waals surface area contributed by atoms with E-state index in [1.165, 1.54) is 0 Å². The standard InChI is InChI=1S/4BrH.Cs.Lu/h4*1H;;/q;;;;+1;+3/p-4. The summed E-state index contributed by atoms with van der Waals surface area (Å²) in [7, 11) is 0. The summed E-state index contributed by atoms with van der Waals surface area (Å²) in [5, 5.41) is 0. The van der Waals surface area contributed by atoms with Crippen LogP contribution < -0.4 is 137 Å². The SMILES string of the molecule is [Br-].[Br-].[Br-].[Br-].[Cs+].[Lu+3]. The van der Waals surface area contributed by atoms with Crippen molar-refractivity contribution in [3.63, 3.8) is 0 Å². The van der Waals surface area contributed by atoms with Gasteiger partial charge in [-0.05, 0) is 0 Å². The van der Waals surface area contributed by atoms with E-state index in [9.17, 15) is 0 Å². The van der Waals surface area contributed by atoms with E-state index in [4.69, 9.17) is 0 Å². The van der Waals surface area contributed by atoms with Gasteiger partial charge in [-0.2, -0.15) is 0 Å². The quantitative estimate of drug-likeness (QED) is 0.251. The fraction of sp³-hybridized carbons (Fsp3) is 0. The first-order valence-electron chi connectivity index (χ1n) is 0. The van der Waals surface area contributed by atoms with Crippen LogP contribution in [0.1, 0.15) is 0 Å². The summed E-state index contributed by atoms with van der Waals surface area (Å²) in [4.78, 5) is 0. The van der Waals surface area contributed by atoms with Crippen LogP contribution in [0, 0.1) is 36.9 Å². The second-order valence-electron chi connectivity index (χ2n) is 0. The van der Waals surface area contributed by atoms with Crippen LogP contribution in [0.15, 0.2) is 0 Å². The zero-order chi connectivity index (χ0) is 0. The van der Waals surface area contributed by atoms with Crippen LogP contribution >= 0.6 is 0 Å². The van der Waals surface area contributed by atoms with Gasteiger partial charge in [-0.15, -0.1) is 0 Å². The first-order valence-corrected chi connectivity index (χ1v) is 0. The van der Waals surface area contributed by atoms with Crippen molar-refractivity contribution in [1.82, 2.24) is 0 Å². The Kier molecular flexibility index (Phi) is 229. The Balaban J connectivity index is 0. The molecule has 0 nitrogen and oxygen atoms in total. The summed E-state index contributed by atoms with van der Waals surface area (Å²) in [5.41, 5.74) is 0. The second kappa shape index (κ2) is 31.9. The molecule has 6 heavy (non-hydrogen) atoms. The Morgan fingerprint density at radius 2 is 0.500 bits per heavy atom. The van der Waals surface area contributed by atoms with Gasteiger partial charge in [-0.1, -0.05) is 0 Å². The van der Waals surface area contributed by atoms with Gasteiger partial charge in [0.2, 0.25) is 0 Å². The van der Waals surface area contributed by atoms with Gasteiger partial charge in [-0.25, -0.2) is 0 Å². The van der Waals surface area contributed by atoms with Crippen molar-refractivity contribution < 1.29 is 174 Å². The first-order chi connectivity index (χ1) is 0. The topological polar surface area (TPSA) is 0 Å². The summed E-state index contributed by atoms with van der Waals surface area (Å²) in [5.74, 6) is 0. The van der Waals surface area contributed by atoms with Crippen LogP contribution in [-0.4, -0.2) is 0 Å². The van der Waals surface area contributed by atoms with Crippen LogP contribution in [0.2, 0.25) is 0 Å². The average molecular weight is 627 g/mol. The summed E-state index contributed by atoms with van der Waals surface area (Å²) in [6.45, 7) is 0. The molecule has 0 amide bonds. The van der Waals surface area contributed by atoms with E-state index in [2.05, 4.69) is 0 Å². The summed E-state index contributed by atoms with van der Waals surface area (Å²) in [6, 6.07) is 0. The van der Waals surface area contributed by atoms with Gasteiger partial charge in [0, 0.05) is 0 Å². The third-order valence-corrected chi connectivity index (χ3v) is 0. The molecule has 0 aliphatic heterocycles. The van der Waals surface area contributed by atoms with Gasteiger partial charge >= 0.3 is 106 Å². The molecule has 0 saturated carbocycles. The Morgan fingerprint density at radius 3 is 0.500 bits per heavy atom.